The van der Waals surface area contributed by atoms with Gasteiger partial charge >= 0.3 is 29.2 Å². The number of aryl methyl sites for hydroxylation is 1. The van der Waals surface area contributed by atoms with Crippen LogP contribution in [0.1, 0.15) is 58.9 Å². The van der Waals surface area contributed by atoms with E-state index in [1.807, 2.05) is 59.4 Å². The van der Waals surface area contributed by atoms with Crippen molar-refractivity contribution in [2.45, 2.75) is 58.8 Å². The molecule has 7 heterocycles. The molecule has 4 aromatic rings. The molecule has 7 rings (SSSR count). The smallest absolute Gasteiger partial charge is 0.352 e. The summed E-state index contributed by atoms with van der Waals surface area (Å²) in [6, 6.07) is 5.96. The average molecular weight is 885 g/mol. The molecule has 0 fully saturated rings. The minimum absolute atomic E-state index is 0. The number of pyridine rings is 1. The molecule has 0 radical (unpaired) electrons. The third-order valence-corrected chi connectivity index (χ3v) is 9.58. The quantitative estimate of drug-likeness (QED) is 0.0990. The first-order valence-corrected chi connectivity index (χ1v) is 18.1. The Bertz CT molecular complexity index is 2440. The van der Waals surface area contributed by atoms with Crippen LogP contribution in [0.2, 0.25) is 0 Å². The van der Waals surface area contributed by atoms with Crippen LogP contribution in [0.5, 0.6) is 17.8 Å². The number of fused-ring (bicyclic) bond motifs is 2. The van der Waals surface area contributed by atoms with E-state index in [0.29, 0.717) is 24.5 Å². The van der Waals surface area contributed by atoms with Gasteiger partial charge in [0.25, 0.3) is 0 Å². The fourth-order valence-corrected chi connectivity index (χ4v) is 6.55. The average Bonchev–Trinajstić information content (AvgIpc) is 3.56. The summed E-state index contributed by atoms with van der Waals surface area (Å²) in [5.41, 5.74) is 1.31. The van der Waals surface area contributed by atoms with Gasteiger partial charge in [0.15, 0.2) is 11.5 Å². The van der Waals surface area contributed by atoms with E-state index in [1.165, 1.54) is 0 Å². The highest BCUT2D eigenvalue weighted by Crippen LogP contribution is 2.45. The van der Waals surface area contributed by atoms with Gasteiger partial charge in [-0.2, -0.15) is 4.98 Å². The van der Waals surface area contributed by atoms with Gasteiger partial charge in [0.05, 0.1) is 23.7 Å². The highest BCUT2D eigenvalue weighted by atomic mass is 127. The maximum absolute atomic E-state index is 12.4. The van der Waals surface area contributed by atoms with E-state index in [-0.39, 0.29) is 54.3 Å². The number of nitrogens with one attached hydrogen (secondary N) is 3. The van der Waals surface area contributed by atoms with E-state index in [9.17, 15) is 14.4 Å². The van der Waals surface area contributed by atoms with Gasteiger partial charge in [-0.05, 0) is 68.1 Å². The number of anilines is 1. The fraction of sp³-hybridized carbons (Fsp3) is 0.308. The summed E-state index contributed by atoms with van der Waals surface area (Å²) in [6.07, 6.45) is 20.5. The molecule has 3 aliphatic heterocycles. The Hall–Kier alpha value is -6.18. The number of nitrogens with zero attached hydrogens (tertiary/aromatic N) is 9. The molecule has 0 aliphatic carbocycles. The molecule has 57 heavy (non-hydrogen) atoms. The lowest BCUT2D eigenvalue weighted by Gasteiger charge is -2.30. The number of halogens is 1. The lowest BCUT2D eigenvalue weighted by molar-refractivity contribution is -0.658. The summed E-state index contributed by atoms with van der Waals surface area (Å²) in [5.74, 6) is 2.31. The van der Waals surface area contributed by atoms with Crippen molar-refractivity contribution in [1.29, 1.82) is 0 Å². The Kier molecular flexibility index (Phi) is 12.0. The van der Waals surface area contributed by atoms with Gasteiger partial charge in [0.2, 0.25) is 11.9 Å². The predicted octanol–water partition coefficient (Wildman–Crippen LogP) is 1.26. The summed E-state index contributed by atoms with van der Waals surface area (Å²) in [4.78, 5) is 72.2. The third kappa shape index (κ3) is 9.11. The number of unbranched alkanes of at least 4 members (excludes halogenated alkanes) is 2. The SMILES string of the molecule is C[n+]1cc(Oc2ncccn2)cc2c1N=C(/C=C/C=C1\N=C3C(=CC(Oc4ncccn4)=CN3CCCCCC(=O)Nc3nc(=O)[nH]c(=O)[nH]3)C1(C)C)C2(C)C.[I-]. The van der Waals surface area contributed by atoms with Crippen LogP contribution < -0.4 is 54.7 Å². The third-order valence-electron chi connectivity index (χ3n) is 9.58. The molecule has 0 unspecified atom stereocenters. The van der Waals surface area contributed by atoms with Crippen LogP contribution >= 0.6 is 0 Å². The maximum Gasteiger partial charge on any atom is 0.352 e. The van der Waals surface area contributed by atoms with Crippen molar-refractivity contribution < 1.29 is 42.8 Å². The van der Waals surface area contributed by atoms with Crippen molar-refractivity contribution >= 4 is 29.2 Å². The van der Waals surface area contributed by atoms with Gasteiger partial charge in [-0.3, -0.25) is 20.1 Å². The van der Waals surface area contributed by atoms with Crippen LogP contribution in [0.4, 0.5) is 11.8 Å². The first-order chi connectivity index (χ1) is 26.9. The molecular weight excluding hydrogens is 843 g/mol. The zero-order valence-corrected chi connectivity index (χ0v) is 34.1. The minimum atomic E-state index is -0.838. The van der Waals surface area contributed by atoms with Crippen molar-refractivity contribution in [2.24, 2.45) is 22.4 Å². The number of allylic oxidation sites excluding steroid dienone is 5. The summed E-state index contributed by atoms with van der Waals surface area (Å²) in [7, 11) is 1.94. The molecular formula is C39H41IN12O5. The number of H-pyrrole nitrogens is 2. The molecule has 0 aromatic carbocycles. The second-order valence-corrected chi connectivity index (χ2v) is 14.4. The van der Waals surface area contributed by atoms with Gasteiger partial charge in [0.1, 0.15) is 17.8 Å². The molecule has 3 aliphatic rings. The van der Waals surface area contributed by atoms with Crippen LogP contribution in [0, 0.1) is 5.41 Å². The van der Waals surface area contributed by atoms with Crippen molar-refractivity contribution in [3.05, 3.63) is 123 Å². The van der Waals surface area contributed by atoms with Crippen molar-refractivity contribution in [3.8, 4) is 17.8 Å². The summed E-state index contributed by atoms with van der Waals surface area (Å²) < 4.78 is 14.0. The molecule has 4 aromatic heterocycles. The molecule has 17 nitrogen and oxygen atoms in total. The lowest BCUT2D eigenvalue weighted by Crippen LogP contribution is -3.00. The molecule has 0 saturated heterocycles. The summed E-state index contributed by atoms with van der Waals surface area (Å²) in [5, 5.41) is 2.46. The zero-order chi connectivity index (χ0) is 39.5. The summed E-state index contributed by atoms with van der Waals surface area (Å²) >= 11 is 0. The minimum Gasteiger partial charge on any atom is -1.00 e. The van der Waals surface area contributed by atoms with E-state index in [2.05, 4.69) is 67.8 Å². The van der Waals surface area contributed by atoms with Crippen LogP contribution in [-0.4, -0.2) is 63.8 Å². The number of carbonyl (C=O) groups excluding carboxylic acids is 1. The highest BCUT2D eigenvalue weighted by molar-refractivity contribution is 6.08. The molecule has 1 amide bonds. The summed E-state index contributed by atoms with van der Waals surface area (Å²) in [6.45, 7) is 9.12. The highest BCUT2D eigenvalue weighted by Gasteiger charge is 2.43. The number of amidine groups is 1. The largest absolute Gasteiger partial charge is 1.00 e. The number of aromatic nitrogens is 8. The van der Waals surface area contributed by atoms with Crippen LogP contribution in [0.15, 0.2) is 116 Å². The molecule has 3 N–H and O–H groups in total. The number of amides is 1. The van der Waals surface area contributed by atoms with Crippen LogP contribution in [-0.2, 0) is 17.3 Å². The Morgan fingerprint density at radius 3 is 2.33 bits per heavy atom. The molecule has 0 atom stereocenters. The van der Waals surface area contributed by atoms with Gasteiger partial charge in [-0.25, -0.2) is 39.1 Å². The molecule has 0 bridgehead atoms. The standard InChI is InChI=1S/C39H40N12O5.HI/c1-38(2)26-20-24(55-36-40-15-10-16-41-36)22-50(5)31(26)44-28(38)12-9-13-29-39(3,4)27-21-25(56-37-42-17-11-18-43-37)23-51(32(27)45-29)19-8-6-7-14-30(52)46-33-47-34(53)49-35(54)48-33;/h9-13,15-18,20-23H,6-8,14,19H2,1-5H3,(H2-,46,47,48,49,52,53,54);1H. The second-order valence-electron chi connectivity index (χ2n) is 14.4. The molecule has 0 spiro atoms. The van der Waals surface area contributed by atoms with Crippen LogP contribution in [0.25, 0.3) is 0 Å². The molecule has 294 valence electrons. The topological polar surface area (TPSA) is 210 Å². The number of ether oxygens (including phenoxy) is 2. The number of aromatic amines is 2. The van der Waals surface area contributed by atoms with E-state index < -0.39 is 22.2 Å². The number of aliphatic imine (C=N–C) groups is 2. The van der Waals surface area contributed by atoms with Gasteiger partial charge in [-0.15, -0.1) is 0 Å². The van der Waals surface area contributed by atoms with Crippen LogP contribution in [0.3, 0.4) is 0 Å². The second kappa shape index (κ2) is 16.9. The van der Waals surface area contributed by atoms with E-state index >= 15 is 0 Å². The number of hydrogen-bond donors (Lipinski definition) is 3. The Morgan fingerprint density at radius 1 is 0.930 bits per heavy atom. The molecule has 0 saturated carbocycles. The van der Waals surface area contributed by atoms with Crippen molar-refractivity contribution in [1.82, 2.24) is 39.8 Å². The number of carbonyl (C=O) groups is 1. The number of rotatable bonds is 13. The van der Waals surface area contributed by atoms with E-state index in [4.69, 9.17) is 19.5 Å². The number of hydrogen-bond acceptors (Lipinski definition) is 13. The molecule has 18 heteroatoms. The van der Waals surface area contributed by atoms with Gasteiger partial charge in [-0.1, -0.05) is 26.3 Å². The Balaban J connectivity index is 0.00000549. The van der Waals surface area contributed by atoms with E-state index in [0.717, 1.165) is 47.0 Å². The zero-order valence-electron chi connectivity index (χ0n) is 32.0. The Morgan fingerprint density at radius 2 is 1.63 bits per heavy atom. The monoisotopic (exact) mass is 884 g/mol. The lowest BCUT2D eigenvalue weighted by atomic mass is 9.81. The Labute approximate surface area is 344 Å². The predicted molar refractivity (Wildman–Crippen MR) is 206 cm³/mol. The van der Waals surface area contributed by atoms with Crippen molar-refractivity contribution in [2.75, 3.05) is 11.9 Å². The first-order valence-electron chi connectivity index (χ1n) is 18.1. The van der Waals surface area contributed by atoms with Gasteiger partial charge < -0.3 is 38.4 Å². The first kappa shape index (κ1) is 40.5. The normalized spacial score (nSPS) is 16.9. The van der Waals surface area contributed by atoms with E-state index in [1.54, 1.807) is 36.9 Å². The maximum atomic E-state index is 12.4. The van der Waals surface area contributed by atoms with Crippen molar-refractivity contribution in [3.63, 3.8) is 0 Å². The van der Waals surface area contributed by atoms with Gasteiger partial charge in [0, 0.05) is 54.9 Å². The fourth-order valence-electron chi connectivity index (χ4n) is 6.55.